The monoisotopic (exact) mass is 347 g/mol. The minimum atomic E-state index is -0.545. The number of pyridine rings is 1. The molecule has 2 aromatic heterocycles. The molecule has 1 saturated heterocycles. The van der Waals surface area contributed by atoms with Crippen LogP contribution in [0.2, 0.25) is 5.02 Å². The summed E-state index contributed by atoms with van der Waals surface area (Å²) in [4.78, 5) is 28.3. The molecule has 4 rings (SSSR count). The number of nitrogens with one attached hydrogen (secondary N) is 1. The Kier molecular flexibility index (Phi) is 3.54. The molecule has 1 atom stereocenters. The van der Waals surface area contributed by atoms with Crippen molar-refractivity contribution in [3.63, 3.8) is 0 Å². The zero-order valence-corrected chi connectivity index (χ0v) is 13.3. The Labute approximate surface area is 140 Å². The number of ether oxygens (including phenoxy) is 1. The first-order chi connectivity index (χ1) is 11.5. The number of rotatable bonds is 2. The molecule has 7 nitrogen and oxygen atoms in total. The fraction of sp³-hybridized carbons (Fsp3) is 0.312. The van der Waals surface area contributed by atoms with Crippen molar-refractivity contribution in [3.8, 4) is 5.88 Å². The van der Waals surface area contributed by atoms with Gasteiger partial charge >= 0.3 is 0 Å². The van der Waals surface area contributed by atoms with Crippen molar-refractivity contribution in [1.29, 1.82) is 0 Å². The zero-order chi connectivity index (χ0) is 16.8. The van der Waals surface area contributed by atoms with Crippen molar-refractivity contribution < 1.29 is 9.84 Å². The lowest BCUT2D eigenvalue weighted by molar-refractivity contribution is 0.0923. The first kappa shape index (κ1) is 15.2. The molecular formula is C16H14ClN3O4. The van der Waals surface area contributed by atoms with E-state index in [4.69, 9.17) is 16.3 Å². The molecular weight excluding hydrogens is 334 g/mol. The van der Waals surface area contributed by atoms with Gasteiger partial charge in [-0.1, -0.05) is 11.6 Å². The number of fused-ring (bicyclic) bond motifs is 2. The van der Waals surface area contributed by atoms with Crippen LogP contribution < -0.4 is 11.0 Å². The number of H-pyrrole nitrogens is 1. The first-order valence-corrected chi connectivity index (χ1v) is 7.99. The summed E-state index contributed by atoms with van der Waals surface area (Å²) in [6.07, 6.45) is 1.61. The Morgan fingerprint density at radius 3 is 3.00 bits per heavy atom. The molecule has 3 heterocycles. The maximum absolute atomic E-state index is 12.7. The molecule has 24 heavy (non-hydrogen) atoms. The van der Waals surface area contributed by atoms with Crippen LogP contribution in [-0.4, -0.2) is 32.6 Å². The van der Waals surface area contributed by atoms with Crippen molar-refractivity contribution in [2.75, 3.05) is 6.61 Å². The summed E-state index contributed by atoms with van der Waals surface area (Å²) >= 11 is 5.93. The Balaban J connectivity index is 1.99. The summed E-state index contributed by atoms with van der Waals surface area (Å²) in [6.45, 7) is 0.853. The van der Waals surface area contributed by atoms with E-state index in [1.807, 2.05) is 0 Å². The normalized spacial score (nSPS) is 17.8. The maximum Gasteiger partial charge on any atom is 0.280 e. The van der Waals surface area contributed by atoms with Crippen LogP contribution in [0.25, 0.3) is 21.8 Å². The molecule has 0 bridgehead atoms. The average Bonchev–Trinajstić information content (AvgIpc) is 3.05. The number of benzene rings is 1. The van der Waals surface area contributed by atoms with Crippen LogP contribution >= 0.6 is 11.6 Å². The predicted molar refractivity (Wildman–Crippen MR) is 89.8 cm³/mol. The summed E-state index contributed by atoms with van der Waals surface area (Å²) in [5.41, 5.74) is -0.549. The van der Waals surface area contributed by atoms with E-state index in [1.54, 1.807) is 18.2 Å². The lowest BCUT2D eigenvalue weighted by Crippen LogP contribution is -2.31. The van der Waals surface area contributed by atoms with E-state index in [1.165, 1.54) is 0 Å². The minimum absolute atomic E-state index is 0.0170. The number of aromatic hydroxyl groups is 1. The van der Waals surface area contributed by atoms with Crippen LogP contribution in [0.3, 0.4) is 0 Å². The number of nitrogens with zero attached hydrogens (tertiary/aromatic N) is 2. The maximum atomic E-state index is 12.7. The Morgan fingerprint density at radius 2 is 2.25 bits per heavy atom. The van der Waals surface area contributed by atoms with Gasteiger partial charge in [0.15, 0.2) is 0 Å². The van der Waals surface area contributed by atoms with Gasteiger partial charge in [-0.15, -0.1) is 5.10 Å². The molecule has 0 radical (unpaired) electrons. The van der Waals surface area contributed by atoms with Crippen molar-refractivity contribution in [2.24, 2.45) is 0 Å². The molecule has 3 aromatic rings. The summed E-state index contributed by atoms with van der Waals surface area (Å²) in [5, 5.41) is 14.8. The van der Waals surface area contributed by atoms with Gasteiger partial charge in [0.05, 0.1) is 18.2 Å². The third-order valence-electron chi connectivity index (χ3n) is 4.25. The second-order valence-electron chi connectivity index (χ2n) is 5.84. The lowest BCUT2D eigenvalue weighted by atomic mass is 10.1. The smallest absolute Gasteiger partial charge is 0.280 e. The molecule has 8 heteroatoms. The van der Waals surface area contributed by atoms with Crippen LogP contribution in [-0.2, 0) is 11.3 Å². The third kappa shape index (κ3) is 2.37. The molecule has 1 unspecified atom stereocenters. The lowest BCUT2D eigenvalue weighted by Gasteiger charge is -2.12. The number of hydrogen-bond acceptors (Lipinski definition) is 5. The van der Waals surface area contributed by atoms with Gasteiger partial charge < -0.3 is 14.8 Å². The summed E-state index contributed by atoms with van der Waals surface area (Å²) in [7, 11) is 0. The van der Waals surface area contributed by atoms with Gasteiger partial charge in [-0.05, 0) is 31.0 Å². The second kappa shape index (κ2) is 5.61. The van der Waals surface area contributed by atoms with E-state index in [9.17, 15) is 14.7 Å². The van der Waals surface area contributed by atoms with Crippen molar-refractivity contribution in [1.82, 2.24) is 14.8 Å². The molecule has 0 saturated carbocycles. The largest absolute Gasteiger partial charge is 0.491 e. The summed E-state index contributed by atoms with van der Waals surface area (Å²) < 4.78 is 6.60. The molecule has 124 valence electrons. The zero-order valence-electron chi connectivity index (χ0n) is 12.6. The fourth-order valence-corrected chi connectivity index (χ4v) is 3.25. The molecule has 1 aliphatic rings. The van der Waals surface area contributed by atoms with Gasteiger partial charge in [-0.3, -0.25) is 9.59 Å². The second-order valence-corrected chi connectivity index (χ2v) is 6.28. The molecule has 1 aromatic carbocycles. The van der Waals surface area contributed by atoms with Crippen LogP contribution in [0.5, 0.6) is 5.88 Å². The van der Waals surface area contributed by atoms with Gasteiger partial charge in [-0.2, -0.15) is 0 Å². The molecule has 2 N–H and O–H groups in total. The van der Waals surface area contributed by atoms with Gasteiger partial charge in [0.2, 0.25) is 5.43 Å². The fourth-order valence-electron chi connectivity index (χ4n) is 3.08. The van der Waals surface area contributed by atoms with E-state index in [0.717, 1.165) is 17.5 Å². The molecule has 0 aliphatic carbocycles. The van der Waals surface area contributed by atoms with Crippen molar-refractivity contribution in [2.45, 2.75) is 25.5 Å². The van der Waals surface area contributed by atoms with Crippen molar-refractivity contribution in [3.05, 3.63) is 43.8 Å². The highest BCUT2D eigenvalue weighted by Crippen LogP contribution is 2.21. The predicted octanol–water partition coefficient (Wildman–Crippen LogP) is 1.78. The van der Waals surface area contributed by atoms with Crippen LogP contribution in [0.1, 0.15) is 12.8 Å². The summed E-state index contributed by atoms with van der Waals surface area (Å²) in [6, 6.07) is 4.70. The highest BCUT2D eigenvalue weighted by atomic mass is 35.5. The number of aromatic amines is 1. The third-order valence-corrected chi connectivity index (χ3v) is 4.49. The van der Waals surface area contributed by atoms with Crippen molar-refractivity contribution >= 4 is 33.4 Å². The van der Waals surface area contributed by atoms with Gasteiger partial charge in [0.25, 0.3) is 11.4 Å². The molecule has 1 aliphatic heterocycles. The SMILES string of the molecule is O=c1c2ccc(Cl)cc2[nH]c2c(O)nn(CC3CCCO3)c(=O)c12. The van der Waals surface area contributed by atoms with Crippen LogP contribution in [0.4, 0.5) is 0 Å². The van der Waals surface area contributed by atoms with Gasteiger partial charge in [0, 0.05) is 17.0 Å². The van der Waals surface area contributed by atoms with Gasteiger partial charge in [0.1, 0.15) is 10.9 Å². The number of hydrogen-bond donors (Lipinski definition) is 2. The quantitative estimate of drug-likeness (QED) is 0.689. The summed E-state index contributed by atoms with van der Waals surface area (Å²) in [5.74, 6) is -0.401. The Bertz CT molecular complexity index is 1070. The van der Waals surface area contributed by atoms with E-state index in [-0.39, 0.29) is 23.6 Å². The van der Waals surface area contributed by atoms with E-state index >= 15 is 0 Å². The van der Waals surface area contributed by atoms with E-state index in [2.05, 4.69) is 10.1 Å². The highest BCUT2D eigenvalue weighted by molar-refractivity contribution is 6.31. The first-order valence-electron chi connectivity index (χ1n) is 7.61. The highest BCUT2D eigenvalue weighted by Gasteiger charge is 2.21. The minimum Gasteiger partial charge on any atom is -0.491 e. The average molecular weight is 348 g/mol. The number of halogens is 1. The van der Waals surface area contributed by atoms with E-state index < -0.39 is 16.9 Å². The number of aromatic nitrogens is 3. The van der Waals surface area contributed by atoms with E-state index in [0.29, 0.717) is 22.5 Å². The topological polar surface area (TPSA) is 97.2 Å². The van der Waals surface area contributed by atoms with Gasteiger partial charge in [-0.25, -0.2) is 4.68 Å². The standard InChI is InChI=1S/C16H14ClN3O4/c17-8-3-4-10-11(6-8)18-13-12(14(10)21)16(23)20(19-15(13)22)7-9-2-1-5-24-9/h3-4,6,9H,1-2,5,7H2,(H,18,21)(H,19,22). The molecule has 1 fully saturated rings. The van der Waals surface area contributed by atoms with Crippen LogP contribution in [0, 0.1) is 0 Å². The molecule has 0 amide bonds. The Hall–Kier alpha value is -2.38. The van der Waals surface area contributed by atoms with Crippen LogP contribution in [0.15, 0.2) is 27.8 Å². The molecule has 0 spiro atoms. The Morgan fingerprint density at radius 1 is 1.42 bits per heavy atom.